The number of ether oxygens (including phenoxy) is 1. The molecular weight excluding hydrogens is 402 g/mol. The SMILES string of the molecule is COc1ccc(-c2c(C=O)[nH]c3c(-c4ccccc4)c(-c4ccccc4)nn3c2=O)cc1. The second-order valence-corrected chi connectivity index (χ2v) is 7.28. The van der Waals surface area contributed by atoms with Crippen LogP contribution in [0.1, 0.15) is 10.5 Å². The maximum absolute atomic E-state index is 13.6. The zero-order valence-corrected chi connectivity index (χ0v) is 17.3. The van der Waals surface area contributed by atoms with Gasteiger partial charge in [-0.3, -0.25) is 9.59 Å². The van der Waals surface area contributed by atoms with Gasteiger partial charge in [-0.05, 0) is 23.3 Å². The maximum atomic E-state index is 13.6. The van der Waals surface area contributed by atoms with Gasteiger partial charge >= 0.3 is 0 Å². The molecule has 0 atom stereocenters. The van der Waals surface area contributed by atoms with E-state index >= 15 is 0 Å². The Hall–Kier alpha value is -4.45. The number of hydrogen-bond donors (Lipinski definition) is 1. The highest BCUT2D eigenvalue weighted by atomic mass is 16.5. The van der Waals surface area contributed by atoms with Crippen molar-refractivity contribution in [3.8, 4) is 39.3 Å². The topological polar surface area (TPSA) is 76.5 Å². The lowest BCUT2D eigenvalue weighted by atomic mass is 10.0. The second kappa shape index (κ2) is 8.00. The first-order valence-corrected chi connectivity index (χ1v) is 10.1. The van der Waals surface area contributed by atoms with Crippen LogP contribution in [0.15, 0.2) is 89.7 Å². The van der Waals surface area contributed by atoms with E-state index in [1.54, 1.807) is 31.4 Å². The smallest absolute Gasteiger partial charge is 0.282 e. The second-order valence-electron chi connectivity index (χ2n) is 7.28. The van der Waals surface area contributed by atoms with Crippen LogP contribution in [-0.2, 0) is 0 Å². The summed E-state index contributed by atoms with van der Waals surface area (Å²) >= 11 is 0. The molecular formula is C26H19N3O3. The van der Waals surface area contributed by atoms with E-state index in [-0.39, 0.29) is 16.8 Å². The molecule has 0 bridgehead atoms. The number of H-pyrrole nitrogens is 1. The Morgan fingerprint density at radius 3 is 2.00 bits per heavy atom. The molecule has 6 heteroatoms. The van der Waals surface area contributed by atoms with Crippen molar-refractivity contribution in [2.75, 3.05) is 7.11 Å². The lowest BCUT2D eigenvalue weighted by Crippen LogP contribution is -2.20. The fourth-order valence-corrected chi connectivity index (χ4v) is 3.89. The van der Waals surface area contributed by atoms with Crippen LogP contribution in [0.4, 0.5) is 0 Å². The molecule has 0 spiro atoms. The highest BCUT2D eigenvalue weighted by molar-refractivity contribution is 5.93. The predicted octanol–water partition coefficient (Wildman–Crippen LogP) is 4.84. The molecule has 0 amide bonds. The van der Waals surface area contributed by atoms with Crippen LogP contribution < -0.4 is 10.3 Å². The third-order valence-corrected chi connectivity index (χ3v) is 5.42. The number of carbonyl (C=O) groups is 1. The van der Waals surface area contributed by atoms with Gasteiger partial charge in [-0.1, -0.05) is 72.8 Å². The average molecular weight is 421 g/mol. The van der Waals surface area contributed by atoms with Gasteiger partial charge in [0.1, 0.15) is 17.1 Å². The third-order valence-electron chi connectivity index (χ3n) is 5.42. The molecule has 156 valence electrons. The molecule has 2 heterocycles. The Bertz CT molecular complexity index is 1470. The van der Waals surface area contributed by atoms with Gasteiger partial charge in [0.15, 0.2) is 6.29 Å². The molecule has 0 saturated carbocycles. The first-order valence-electron chi connectivity index (χ1n) is 10.1. The van der Waals surface area contributed by atoms with E-state index in [0.717, 1.165) is 16.7 Å². The van der Waals surface area contributed by atoms with Crippen LogP contribution in [0.3, 0.4) is 0 Å². The highest BCUT2D eigenvalue weighted by Gasteiger charge is 2.22. The highest BCUT2D eigenvalue weighted by Crippen LogP contribution is 2.34. The van der Waals surface area contributed by atoms with E-state index in [2.05, 4.69) is 10.1 Å². The van der Waals surface area contributed by atoms with Crippen LogP contribution in [0.2, 0.25) is 0 Å². The van der Waals surface area contributed by atoms with Crippen molar-refractivity contribution >= 4 is 11.9 Å². The van der Waals surface area contributed by atoms with E-state index in [4.69, 9.17) is 4.74 Å². The van der Waals surface area contributed by atoms with Gasteiger partial charge in [-0.15, -0.1) is 0 Å². The van der Waals surface area contributed by atoms with Gasteiger partial charge in [0.25, 0.3) is 5.56 Å². The molecule has 0 aliphatic rings. The normalized spacial score (nSPS) is 10.9. The van der Waals surface area contributed by atoms with Crippen LogP contribution >= 0.6 is 0 Å². The van der Waals surface area contributed by atoms with Crippen molar-refractivity contribution < 1.29 is 9.53 Å². The van der Waals surface area contributed by atoms with Crippen LogP contribution in [0.25, 0.3) is 39.2 Å². The van der Waals surface area contributed by atoms with Crippen molar-refractivity contribution in [1.82, 2.24) is 14.6 Å². The molecule has 0 aliphatic carbocycles. The number of carbonyl (C=O) groups excluding carboxylic acids is 1. The Kier molecular flexibility index (Phi) is 4.88. The summed E-state index contributed by atoms with van der Waals surface area (Å²) in [6.07, 6.45) is 0.672. The molecule has 32 heavy (non-hydrogen) atoms. The zero-order valence-electron chi connectivity index (χ0n) is 17.3. The molecule has 3 aromatic carbocycles. The summed E-state index contributed by atoms with van der Waals surface area (Å²) in [5, 5.41) is 4.69. The Morgan fingerprint density at radius 2 is 1.41 bits per heavy atom. The molecule has 6 nitrogen and oxygen atoms in total. The van der Waals surface area contributed by atoms with Crippen molar-refractivity contribution in [2.24, 2.45) is 0 Å². The van der Waals surface area contributed by atoms with Crippen LogP contribution in [-0.4, -0.2) is 28.0 Å². The number of benzene rings is 3. The number of aldehydes is 1. The fraction of sp³-hybridized carbons (Fsp3) is 0.0385. The lowest BCUT2D eigenvalue weighted by molar-refractivity contribution is 0.111. The van der Waals surface area contributed by atoms with Crippen LogP contribution in [0.5, 0.6) is 5.75 Å². The summed E-state index contributed by atoms with van der Waals surface area (Å²) < 4.78 is 6.55. The predicted molar refractivity (Wildman–Crippen MR) is 124 cm³/mol. The zero-order chi connectivity index (χ0) is 22.1. The minimum Gasteiger partial charge on any atom is -0.497 e. The first kappa shape index (κ1) is 19.5. The standard InChI is InChI=1S/C26H19N3O3/c1-32-20-14-12-18(13-15-20)22-21(16-30)27-25-23(17-8-4-2-5-9-17)24(28-29(25)26(22)31)19-10-6-3-7-11-19/h2-16,27H,1H3. The van der Waals surface area contributed by atoms with Gasteiger partial charge in [0.05, 0.1) is 23.9 Å². The first-order chi connectivity index (χ1) is 15.7. The molecule has 0 unspecified atom stereocenters. The maximum Gasteiger partial charge on any atom is 0.282 e. The summed E-state index contributed by atoms with van der Waals surface area (Å²) in [5.74, 6) is 0.663. The number of hydrogen-bond acceptors (Lipinski definition) is 4. The minimum absolute atomic E-state index is 0.198. The average Bonchev–Trinajstić information content (AvgIpc) is 3.25. The molecule has 0 fully saturated rings. The van der Waals surface area contributed by atoms with Crippen molar-refractivity contribution in [1.29, 1.82) is 0 Å². The Labute approximate surface area is 183 Å². The summed E-state index contributed by atoms with van der Waals surface area (Å²) in [6.45, 7) is 0. The number of methoxy groups -OCH3 is 1. The van der Waals surface area contributed by atoms with Crippen molar-refractivity contribution in [2.45, 2.75) is 0 Å². The van der Waals surface area contributed by atoms with Gasteiger partial charge in [-0.2, -0.15) is 9.61 Å². The summed E-state index contributed by atoms with van der Waals surface area (Å²) in [6, 6.07) is 26.4. The Morgan fingerprint density at radius 1 is 0.812 bits per heavy atom. The van der Waals surface area contributed by atoms with Gasteiger partial charge in [-0.25, -0.2) is 0 Å². The van der Waals surface area contributed by atoms with Crippen molar-refractivity contribution in [3.63, 3.8) is 0 Å². The van der Waals surface area contributed by atoms with Gasteiger partial charge in [0.2, 0.25) is 0 Å². The number of aromatic nitrogens is 3. The largest absolute Gasteiger partial charge is 0.497 e. The summed E-state index contributed by atoms with van der Waals surface area (Å²) in [4.78, 5) is 28.8. The van der Waals surface area contributed by atoms with E-state index in [1.807, 2.05) is 60.7 Å². The monoisotopic (exact) mass is 421 g/mol. The molecule has 0 aliphatic heterocycles. The van der Waals surface area contributed by atoms with Gasteiger partial charge < -0.3 is 9.72 Å². The molecule has 1 N–H and O–H groups in total. The minimum atomic E-state index is -0.370. The quantitative estimate of drug-likeness (QED) is 0.412. The van der Waals surface area contributed by atoms with E-state index in [9.17, 15) is 9.59 Å². The number of rotatable bonds is 5. The summed E-state index contributed by atoms with van der Waals surface area (Å²) in [7, 11) is 1.57. The fourth-order valence-electron chi connectivity index (χ4n) is 3.89. The molecule has 2 aromatic heterocycles. The number of nitrogens with zero attached hydrogens (tertiary/aromatic N) is 2. The lowest BCUT2D eigenvalue weighted by Gasteiger charge is -2.08. The number of aromatic amines is 1. The Balaban J connectivity index is 1.85. The van der Waals surface area contributed by atoms with E-state index in [0.29, 0.717) is 28.9 Å². The number of fused-ring (bicyclic) bond motifs is 1. The molecule has 0 radical (unpaired) electrons. The number of nitrogens with one attached hydrogen (secondary N) is 1. The van der Waals surface area contributed by atoms with Crippen LogP contribution in [0, 0.1) is 0 Å². The van der Waals surface area contributed by atoms with Crippen molar-refractivity contribution in [3.05, 3.63) is 101 Å². The summed E-state index contributed by atoms with van der Waals surface area (Å²) in [5.41, 5.74) is 4.36. The molecule has 0 saturated heterocycles. The van der Waals surface area contributed by atoms with Gasteiger partial charge in [0, 0.05) is 5.56 Å². The third kappa shape index (κ3) is 3.18. The van der Waals surface area contributed by atoms with E-state index in [1.165, 1.54) is 4.52 Å². The molecule has 5 rings (SSSR count). The van der Waals surface area contributed by atoms with E-state index < -0.39 is 0 Å². The molecule has 5 aromatic rings.